The van der Waals surface area contributed by atoms with Crippen molar-refractivity contribution in [2.75, 3.05) is 20.3 Å². The first-order valence-electron chi connectivity index (χ1n) is 10.1. The fourth-order valence-electron chi connectivity index (χ4n) is 3.17. The number of likely N-dealkylation sites (tertiary alicyclic amines) is 1. The van der Waals surface area contributed by atoms with Crippen LogP contribution >= 0.6 is 0 Å². The molecule has 1 N–H and O–H groups in total. The summed E-state index contributed by atoms with van der Waals surface area (Å²) in [6.07, 6.45) is -5.12. The molecule has 1 aliphatic rings. The van der Waals surface area contributed by atoms with Crippen molar-refractivity contribution in [3.05, 3.63) is 23.5 Å². The molecule has 1 aliphatic heterocycles. The number of nitrogens with one attached hydrogen (secondary N) is 1. The van der Waals surface area contributed by atoms with Gasteiger partial charge in [0.1, 0.15) is 17.4 Å². The van der Waals surface area contributed by atoms with Crippen LogP contribution in [0.4, 0.5) is 22.4 Å². The lowest BCUT2D eigenvalue weighted by atomic mass is 10.1. The Morgan fingerprint density at radius 2 is 1.88 bits per heavy atom. The zero-order valence-corrected chi connectivity index (χ0v) is 18.5. The molecule has 0 aliphatic carbocycles. The molecular weight excluding hydrogens is 436 g/mol. The number of hydrogen-bond donors (Lipinski definition) is 1. The van der Waals surface area contributed by atoms with Crippen LogP contribution in [-0.2, 0) is 16.1 Å². The first kappa shape index (κ1) is 25.5. The number of ether oxygens (including phenoxy) is 3. The van der Waals surface area contributed by atoms with Crippen molar-refractivity contribution in [3.8, 4) is 11.5 Å². The third-order valence-electron chi connectivity index (χ3n) is 4.61. The summed E-state index contributed by atoms with van der Waals surface area (Å²) >= 11 is 0. The Kier molecular flexibility index (Phi) is 8.19. The largest absolute Gasteiger partial charge is 0.496 e. The van der Waals surface area contributed by atoms with Gasteiger partial charge in [-0.2, -0.15) is 13.2 Å². The fraction of sp³-hybridized carbons (Fsp3) is 0.619. The second kappa shape index (κ2) is 10.3. The highest BCUT2D eigenvalue weighted by atomic mass is 19.4. The van der Waals surface area contributed by atoms with Crippen molar-refractivity contribution in [1.29, 1.82) is 0 Å². The number of rotatable bonds is 7. The molecule has 7 nitrogen and oxygen atoms in total. The maximum Gasteiger partial charge on any atom is 0.410 e. The molecule has 11 heteroatoms. The number of alkyl halides is 3. The number of amides is 2. The van der Waals surface area contributed by atoms with E-state index in [4.69, 9.17) is 14.2 Å². The Hall–Kier alpha value is -2.72. The zero-order valence-electron chi connectivity index (χ0n) is 18.5. The summed E-state index contributed by atoms with van der Waals surface area (Å²) < 4.78 is 66.4. The lowest BCUT2D eigenvalue weighted by Gasteiger charge is -2.28. The predicted octanol–water partition coefficient (Wildman–Crippen LogP) is 4.18. The zero-order chi connectivity index (χ0) is 24.1. The summed E-state index contributed by atoms with van der Waals surface area (Å²) in [6.45, 7) is 4.73. The Morgan fingerprint density at radius 1 is 1.19 bits per heavy atom. The Morgan fingerprint density at radius 3 is 2.47 bits per heavy atom. The highest BCUT2D eigenvalue weighted by Crippen LogP contribution is 2.29. The van der Waals surface area contributed by atoms with E-state index in [-0.39, 0.29) is 23.6 Å². The van der Waals surface area contributed by atoms with Crippen molar-refractivity contribution in [2.24, 2.45) is 0 Å². The van der Waals surface area contributed by atoms with E-state index in [0.29, 0.717) is 19.4 Å². The first-order chi connectivity index (χ1) is 14.8. The van der Waals surface area contributed by atoms with Crippen molar-refractivity contribution < 1.29 is 41.4 Å². The van der Waals surface area contributed by atoms with Crippen LogP contribution in [0.15, 0.2) is 12.1 Å². The van der Waals surface area contributed by atoms with Crippen molar-refractivity contribution in [3.63, 3.8) is 0 Å². The first-order valence-corrected chi connectivity index (χ1v) is 10.1. The minimum absolute atomic E-state index is 0.111. The van der Waals surface area contributed by atoms with Gasteiger partial charge in [0.25, 0.3) is 0 Å². The molecule has 32 heavy (non-hydrogen) atoms. The molecule has 0 unspecified atom stereocenters. The van der Waals surface area contributed by atoms with E-state index in [0.717, 1.165) is 12.1 Å². The van der Waals surface area contributed by atoms with Crippen LogP contribution in [0.1, 0.15) is 45.6 Å². The van der Waals surface area contributed by atoms with Crippen LogP contribution < -0.4 is 14.8 Å². The van der Waals surface area contributed by atoms with Gasteiger partial charge in [-0.3, -0.25) is 9.69 Å². The van der Waals surface area contributed by atoms with Gasteiger partial charge in [0.15, 0.2) is 11.6 Å². The number of benzene rings is 1. The molecule has 180 valence electrons. The van der Waals surface area contributed by atoms with Gasteiger partial charge in [0, 0.05) is 24.7 Å². The fourth-order valence-corrected chi connectivity index (χ4v) is 3.17. The van der Waals surface area contributed by atoms with Gasteiger partial charge in [-0.1, -0.05) is 0 Å². The smallest absolute Gasteiger partial charge is 0.410 e. The number of halogens is 4. The van der Waals surface area contributed by atoms with Crippen LogP contribution in [0, 0.1) is 5.82 Å². The SMILES string of the molecule is COc1cc(OCCC(F)(F)F)c(F)cc1CNC(=O)[C@@H]1CCCN1C(=O)OC(C)(C)C. The van der Waals surface area contributed by atoms with Crippen molar-refractivity contribution >= 4 is 12.0 Å². The molecule has 2 amide bonds. The van der Waals surface area contributed by atoms with Gasteiger partial charge in [0.05, 0.1) is 20.1 Å². The average Bonchev–Trinajstić information content (AvgIpc) is 3.15. The number of carbonyl (C=O) groups is 2. The van der Waals surface area contributed by atoms with Gasteiger partial charge in [0.2, 0.25) is 5.91 Å². The Labute approximate surface area is 184 Å². The highest BCUT2D eigenvalue weighted by molar-refractivity contribution is 5.86. The quantitative estimate of drug-likeness (QED) is 0.613. The summed E-state index contributed by atoms with van der Waals surface area (Å²) in [5.74, 6) is -1.55. The molecule has 1 fully saturated rings. The molecule has 0 radical (unpaired) electrons. The molecule has 1 heterocycles. The van der Waals surface area contributed by atoms with E-state index in [1.54, 1.807) is 20.8 Å². The highest BCUT2D eigenvalue weighted by Gasteiger charge is 2.36. The van der Waals surface area contributed by atoms with Crippen LogP contribution in [0.3, 0.4) is 0 Å². The van der Waals surface area contributed by atoms with Gasteiger partial charge >= 0.3 is 12.3 Å². The van der Waals surface area contributed by atoms with E-state index in [1.807, 2.05) is 0 Å². The van der Waals surface area contributed by atoms with Gasteiger partial charge in [-0.25, -0.2) is 9.18 Å². The predicted molar refractivity (Wildman–Crippen MR) is 107 cm³/mol. The number of carbonyl (C=O) groups excluding carboxylic acids is 2. The topological polar surface area (TPSA) is 77.1 Å². The normalized spacial score (nSPS) is 16.6. The Bertz CT molecular complexity index is 824. The van der Waals surface area contributed by atoms with Crippen LogP contribution in [0.5, 0.6) is 11.5 Å². The summed E-state index contributed by atoms with van der Waals surface area (Å²) in [5.41, 5.74) is -0.432. The minimum atomic E-state index is -4.42. The number of nitrogens with zero attached hydrogens (tertiary/aromatic N) is 1. The lowest BCUT2D eigenvalue weighted by molar-refractivity contribution is -0.139. The number of hydrogen-bond acceptors (Lipinski definition) is 5. The monoisotopic (exact) mass is 464 g/mol. The molecule has 0 aromatic heterocycles. The second-order valence-corrected chi connectivity index (χ2v) is 8.36. The van der Waals surface area contributed by atoms with E-state index in [2.05, 4.69) is 5.32 Å². The molecule has 1 aromatic rings. The summed E-state index contributed by atoms with van der Waals surface area (Å²) in [5, 5.41) is 2.65. The summed E-state index contributed by atoms with van der Waals surface area (Å²) in [4.78, 5) is 26.4. The van der Waals surface area contributed by atoms with E-state index >= 15 is 0 Å². The molecule has 1 atom stereocenters. The number of methoxy groups -OCH3 is 1. The maximum absolute atomic E-state index is 14.3. The van der Waals surface area contributed by atoms with Crippen LogP contribution in [0.2, 0.25) is 0 Å². The van der Waals surface area contributed by atoms with Crippen LogP contribution in [0.25, 0.3) is 0 Å². The summed E-state index contributed by atoms with van der Waals surface area (Å²) in [7, 11) is 1.30. The van der Waals surface area contributed by atoms with E-state index in [9.17, 15) is 27.2 Å². The van der Waals surface area contributed by atoms with E-state index in [1.165, 1.54) is 12.0 Å². The molecular formula is C21H28F4N2O5. The molecule has 1 saturated heterocycles. The van der Waals surface area contributed by atoms with Gasteiger partial charge in [-0.15, -0.1) is 0 Å². The second-order valence-electron chi connectivity index (χ2n) is 8.36. The Balaban J connectivity index is 2.02. The van der Waals surface area contributed by atoms with Gasteiger partial charge in [-0.05, 0) is 39.7 Å². The average molecular weight is 464 g/mol. The maximum atomic E-state index is 14.3. The molecule has 1 aromatic carbocycles. The van der Waals surface area contributed by atoms with Crippen LogP contribution in [-0.4, -0.2) is 55.0 Å². The third-order valence-corrected chi connectivity index (χ3v) is 4.61. The molecule has 0 spiro atoms. The molecule has 0 bridgehead atoms. The summed E-state index contributed by atoms with van der Waals surface area (Å²) in [6, 6.07) is 1.45. The standard InChI is InChI=1S/C21H28F4N2O5/c1-20(2,3)32-19(29)27-8-5-6-15(27)18(28)26-12-13-10-14(22)17(11-16(13)30-4)31-9-7-21(23,24)25/h10-11,15H,5-9,12H2,1-4H3,(H,26,28)/t15-/m0/s1. The lowest BCUT2D eigenvalue weighted by Crippen LogP contribution is -2.47. The van der Waals surface area contributed by atoms with Crippen molar-refractivity contribution in [2.45, 2.75) is 64.4 Å². The molecule has 2 rings (SSSR count). The van der Waals surface area contributed by atoms with Gasteiger partial charge < -0.3 is 19.5 Å². The van der Waals surface area contributed by atoms with E-state index < -0.39 is 48.7 Å². The third kappa shape index (κ3) is 7.45. The molecule has 0 saturated carbocycles. The minimum Gasteiger partial charge on any atom is -0.496 e. The van der Waals surface area contributed by atoms with Crippen molar-refractivity contribution in [1.82, 2.24) is 10.2 Å².